The zero-order valence-electron chi connectivity index (χ0n) is 13.1. The Labute approximate surface area is 115 Å². The van der Waals surface area contributed by atoms with Crippen molar-refractivity contribution in [3.05, 3.63) is 16.4 Å². The summed E-state index contributed by atoms with van der Waals surface area (Å²) in [6, 6.07) is 0. The van der Waals surface area contributed by atoms with Crippen molar-refractivity contribution >= 4 is 0 Å². The van der Waals surface area contributed by atoms with Crippen LogP contribution in [0.25, 0.3) is 0 Å². The van der Waals surface area contributed by atoms with Gasteiger partial charge in [0.15, 0.2) is 5.82 Å². The Balaban J connectivity index is 3.48. The summed E-state index contributed by atoms with van der Waals surface area (Å²) in [5.41, 5.74) is -0.495. The van der Waals surface area contributed by atoms with E-state index in [-0.39, 0.29) is 0 Å². The van der Waals surface area contributed by atoms with Gasteiger partial charge in [0.2, 0.25) is 0 Å². The summed E-state index contributed by atoms with van der Waals surface area (Å²) >= 11 is 0. The summed E-state index contributed by atoms with van der Waals surface area (Å²) in [6.07, 6.45) is 0. The summed E-state index contributed by atoms with van der Waals surface area (Å²) < 4.78 is 0. The minimum Gasteiger partial charge on any atom is -0.353 e. The second-order valence-corrected chi connectivity index (χ2v) is 5.86. The first-order chi connectivity index (χ1) is 8.66. The van der Waals surface area contributed by atoms with Crippen LogP contribution in [0.1, 0.15) is 41.5 Å². The molecule has 0 unspecified atom stereocenters. The molecular formula is C13H26N4O2. The van der Waals surface area contributed by atoms with Gasteiger partial charge in [-0.05, 0) is 53.8 Å². The lowest BCUT2D eigenvalue weighted by Crippen LogP contribution is -2.48. The molecule has 19 heavy (non-hydrogen) atoms. The molecule has 6 nitrogen and oxygen atoms in total. The predicted molar refractivity (Wildman–Crippen MR) is 75.3 cm³/mol. The van der Waals surface area contributed by atoms with Crippen molar-refractivity contribution in [1.82, 2.24) is 14.9 Å². The molecule has 1 aliphatic heterocycles. The average Bonchev–Trinajstić information content (AvgIpc) is 2.46. The van der Waals surface area contributed by atoms with Crippen LogP contribution in [-0.4, -0.2) is 51.4 Å². The molecule has 0 bridgehead atoms. The molecule has 0 amide bonds. The number of nitrogens with zero attached hydrogens (tertiary/aromatic N) is 4. The number of hydroxylamine groups is 2. The van der Waals surface area contributed by atoms with Gasteiger partial charge in [0.25, 0.3) is 0 Å². The van der Waals surface area contributed by atoms with Gasteiger partial charge >= 0.3 is 0 Å². The van der Waals surface area contributed by atoms with Crippen LogP contribution in [0.5, 0.6) is 0 Å². The number of likely N-dealkylation sites (N-methyl/N-ethyl adjacent to an activating group) is 1. The Morgan fingerprint density at radius 2 is 1.74 bits per heavy atom. The minimum absolute atomic E-state index is 0.315. The first kappa shape index (κ1) is 15.9. The molecule has 0 spiro atoms. The van der Waals surface area contributed by atoms with Crippen molar-refractivity contribution in [3.63, 3.8) is 0 Å². The fraction of sp³-hybridized carbons (Fsp3) is 0.846. The molecule has 1 aliphatic rings. The lowest BCUT2D eigenvalue weighted by atomic mass is 10.00. The lowest BCUT2D eigenvalue weighted by Gasteiger charge is -2.35. The van der Waals surface area contributed by atoms with Gasteiger partial charge in [-0.2, -0.15) is 0 Å². The smallest absolute Gasteiger partial charge is 0.197 e. The van der Waals surface area contributed by atoms with Crippen LogP contribution in [0.4, 0.5) is 0 Å². The van der Waals surface area contributed by atoms with E-state index in [1.54, 1.807) is 0 Å². The molecule has 0 aromatic carbocycles. The van der Waals surface area contributed by atoms with E-state index >= 15 is 0 Å². The molecule has 1 saturated heterocycles. The Morgan fingerprint density at radius 3 is 2.00 bits per heavy atom. The fourth-order valence-corrected chi connectivity index (χ4v) is 2.66. The monoisotopic (exact) mass is 270 g/mol. The van der Waals surface area contributed by atoms with Crippen LogP contribution in [0.2, 0.25) is 0 Å². The van der Waals surface area contributed by atoms with Crippen LogP contribution < -0.4 is 0 Å². The molecule has 0 aliphatic carbocycles. The van der Waals surface area contributed by atoms with Gasteiger partial charge in [-0.25, -0.2) is 5.06 Å². The molecule has 1 heterocycles. The normalized spacial score (nSPS) is 24.5. The zero-order chi connectivity index (χ0) is 15.0. The molecule has 1 N–H and O–H groups in total. The molecule has 1 fully saturated rings. The first-order valence-corrected chi connectivity index (χ1v) is 6.72. The van der Waals surface area contributed by atoms with E-state index in [1.165, 1.54) is 5.06 Å². The minimum atomic E-state index is -0.581. The molecule has 0 saturated carbocycles. The molecule has 0 aromatic rings. The molecular weight excluding hydrogens is 244 g/mol. The van der Waals surface area contributed by atoms with Gasteiger partial charge in [0.05, 0.1) is 5.54 Å². The van der Waals surface area contributed by atoms with E-state index in [4.69, 9.17) is 0 Å². The number of hydrogen-bond donors (Lipinski definition) is 1. The van der Waals surface area contributed by atoms with E-state index in [0.29, 0.717) is 24.6 Å². The molecule has 6 heteroatoms. The van der Waals surface area contributed by atoms with Gasteiger partial charge in [0, 0.05) is 13.1 Å². The van der Waals surface area contributed by atoms with Gasteiger partial charge in [-0.1, -0.05) is 0 Å². The van der Waals surface area contributed by atoms with Crippen molar-refractivity contribution in [2.24, 2.45) is 5.18 Å². The van der Waals surface area contributed by atoms with E-state index in [1.807, 2.05) is 58.4 Å². The summed E-state index contributed by atoms with van der Waals surface area (Å²) in [6.45, 7) is 13.1. The maximum absolute atomic E-state index is 11.3. The Kier molecular flexibility index (Phi) is 4.27. The third-order valence-corrected chi connectivity index (χ3v) is 4.33. The molecule has 110 valence electrons. The van der Waals surface area contributed by atoms with Gasteiger partial charge in [0.1, 0.15) is 11.4 Å². The van der Waals surface area contributed by atoms with Crippen LogP contribution in [0.15, 0.2) is 16.7 Å². The van der Waals surface area contributed by atoms with Crippen molar-refractivity contribution < 1.29 is 5.21 Å². The van der Waals surface area contributed by atoms with Crippen LogP contribution in [-0.2, 0) is 0 Å². The molecule has 0 atom stereocenters. The molecule has 1 rings (SSSR count). The highest BCUT2D eigenvalue weighted by molar-refractivity contribution is 5.28. The molecule has 0 radical (unpaired) electrons. The van der Waals surface area contributed by atoms with E-state index in [9.17, 15) is 10.1 Å². The predicted octanol–water partition coefficient (Wildman–Crippen LogP) is 2.42. The third kappa shape index (κ3) is 2.23. The Bertz CT molecular complexity index is 386. The second-order valence-electron chi connectivity index (χ2n) is 5.86. The molecule has 0 aromatic heterocycles. The van der Waals surface area contributed by atoms with E-state index < -0.39 is 11.2 Å². The first-order valence-electron chi connectivity index (χ1n) is 6.72. The zero-order valence-corrected chi connectivity index (χ0v) is 13.1. The summed E-state index contributed by atoms with van der Waals surface area (Å²) in [4.78, 5) is 15.2. The quantitative estimate of drug-likeness (QED) is 0.795. The lowest BCUT2D eigenvalue weighted by molar-refractivity contribution is -0.148. The largest absolute Gasteiger partial charge is 0.353 e. The van der Waals surface area contributed by atoms with Crippen molar-refractivity contribution in [3.8, 4) is 0 Å². The Hall–Kier alpha value is -1.14. The number of hydrogen-bond acceptors (Lipinski definition) is 6. The highest BCUT2D eigenvalue weighted by Crippen LogP contribution is 2.44. The topological polar surface area (TPSA) is 59.4 Å². The number of rotatable bonds is 4. The Morgan fingerprint density at radius 1 is 1.26 bits per heavy atom. The highest BCUT2D eigenvalue weighted by atomic mass is 16.5. The SMILES string of the molecule is CCN(CC)/C(N=O)=C1/N(O)C(C)(C)N(C)C1(C)C. The summed E-state index contributed by atoms with van der Waals surface area (Å²) in [5.74, 6) is 0.315. The van der Waals surface area contributed by atoms with Crippen molar-refractivity contribution in [2.45, 2.75) is 52.7 Å². The maximum atomic E-state index is 11.3. The number of nitroso groups, excluding NO2 is 1. The maximum Gasteiger partial charge on any atom is 0.197 e. The summed E-state index contributed by atoms with van der Waals surface area (Å²) in [7, 11) is 1.93. The fourth-order valence-electron chi connectivity index (χ4n) is 2.66. The average molecular weight is 270 g/mol. The highest BCUT2D eigenvalue weighted by Gasteiger charge is 2.53. The van der Waals surface area contributed by atoms with Gasteiger partial charge in [-0.3, -0.25) is 10.1 Å². The van der Waals surface area contributed by atoms with Crippen molar-refractivity contribution in [2.75, 3.05) is 20.1 Å². The van der Waals surface area contributed by atoms with Gasteiger partial charge < -0.3 is 4.90 Å². The van der Waals surface area contributed by atoms with E-state index in [2.05, 4.69) is 5.18 Å². The van der Waals surface area contributed by atoms with Crippen LogP contribution in [0.3, 0.4) is 0 Å². The van der Waals surface area contributed by atoms with Gasteiger partial charge in [-0.15, -0.1) is 4.91 Å². The second kappa shape index (κ2) is 5.09. The standard InChI is InChI=1S/C13H26N4O2/c1-8-16(9-2)11(14-18)10-12(3,4)15(7)13(5,6)17(10)19/h19H,8-9H2,1-7H3/b11-10+. The van der Waals surface area contributed by atoms with Crippen molar-refractivity contribution in [1.29, 1.82) is 0 Å². The third-order valence-electron chi connectivity index (χ3n) is 4.33. The summed E-state index contributed by atoms with van der Waals surface area (Å²) in [5, 5.41) is 14.8. The van der Waals surface area contributed by atoms with Crippen LogP contribution in [0, 0.1) is 4.91 Å². The van der Waals surface area contributed by atoms with E-state index in [0.717, 1.165) is 0 Å². The van der Waals surface area contributed by atoms with Crippen LogP contribution >= 0.6 is 0 Å².